The van der Waals surface area contributed by atoms with Gasteiger partial charge in [0, 0.05) is 11.9 Å². The molecule has 2 amide bonds. The molecule has 0 aliphatic rings. The number of aliphatic imine (C=N–C) groups is 1. The summed E-state index contributed by atoms with van der Waals surface area (Å²) in [6, 6.07) is 4.61. The number of carbonyl (C=O) groups excluding carboxylic acids is 3. The molecule has 158 valence electrons. The summed E-state index contributed by atoms with van der Waals surface area (Å²) in [5.41, 5.74) is 6.43. The second-order valence-corrected chi connectivity index (χ2v) is 6.17. The number of hydrogen-bond acceptors (Lipinski definition) is 6. The van der Waals surface area contributed by atoms with Crippen LogP contribution in [0.2, 0.25) is 0 Å². The molecule has 1 aromatic carbocycles. The van der Waals surface area contributed by atoms with Gasteiger partial charge in [0.05, 0.1) is 24.4 Å². The Balaban J connectivity index is 2.69. The molecule has 29 heavy (non-hydrogen) atoms. The minimum absolute atomic E-state index is 0.0672. The quantitative estimate of drug-likeness (QED) is 0.310. The van der Waals surface area contributed by atoms with Crippen LogP contribution < -0.4 is 16.4 Å². The third kappa shape index (κ3) is 8.54. The third-order valence-electron chi connectivity index (χ3n) is 3.73. The molecule has 0 radical (unpaired) electrons. The van der Waals surface area contributed by atoms with Gasteiger partial charge in [-0.1, -0.05) is 13.3 Å². The van der Waals surface area contributed by atoms with Crippen molar-refractivity contribution in [2.24, 2.45) is 10.7 Å². The van der Waals surface area contributed by atoms with Crippen LogP contribution in [0.4, 0.5) is 10.1 Å². The normalized spacial score (nSPS) is 12.8. The van der Waals surface area contributed by atoms with Gasteiger partial charge in [0.2, 0.25) is 5.91 Å². The Morgan fingerprint density at radius 3 is 2.45 bits per heavy atom. The Morgan fingerprint density at radius 1 is 1.24 bits per heavy atom. The lowest BCUT2D eigenvalue weighted by Crippen LogP contribution is -2.46. The van der Waals surface area contributed by atoms with Crippen LogP contribution in [-0.2, 0) is 19.1 Å². The zero-order valence-corrected chi connectivity index (χ0v) is 16.8. The van der Waals surface area contributed by atoms with E-state index in [9.17, 15) is 18.8 Å². The predicted octanol–water partition coefficient (Wildman–Crippen LogP) is 1.72. The zero-order valence-electron chi connectivity index (χ0n) is 16.8. The maximum Gasteiger partial charge on any atom is 0.328 e. The maximum absolute atomic E-state index is 12.9. The molecule has 4 N–H and O–H groups in total. The van der Waals surface area contributed by atoms with Crippen molar-refractivity contribution in [1.29, 1.82) is 0 Å². The van der Waals surface area contributed by atoms with Gasteiger partial charge in [-0.05, 0) is 44.5 Å². The van der Waals surface area contributed by atoms with Crippen molar-refractivity contribution >= 4 is 29.7 Å². The highest BCUT2D eigenvalue weighted by molar-refractivity contribution is 6.13. The number of nitrogens with zero attached hydrogens (tertiary/aromatic N) is 1. The van der Waals surface area contributed by atoms with Crippen LogP contribution in [-0.4, -0.2) is 43.2 Å². The Labute approximate surface area is 169 Å². The Bertz CT molecular complexity index is 771. The maximum atomic E-state index is 12.9. The number of carbonyl (C=O) groups is 3. The summed E-state index contributed by atoms with van der Waals surface area (Å²) >= 11 is 0. The molecule has 9 heteroatoms. The summed E-state index contributed by atoms with van der Waals surface area (Å²) < 4.78 is 17.9. The molecule has 1 rings (SSSR count). The molecular formula is C20H27FN4O4. The van der Waals surface area contributed by atoms with E-state index >= 15 is 0 Å². The van der Waals surface area contributed by atoms with Crippen molar-refractivity contribution in [1.82, 2.24) is 10.6 Å². The van der Waals surface area contributed by atoms with Gasteiger partial charge in [0.15, 0.2) is 0 Å². The lowest BCUT2D eigenvalue weighted by molar-refractivity contribution is -0.147. The van der Waals surface area contributed by atoms with Gasteiger partial charge in [-0.15, -0.1) is 0 Å². The molecule has 1 atom stereocenters. The number of benzene rings is 1. The first-order valence-corrected chi connectivity index (χ1v) is 9.28. The number of nitrogens with one attached hydrogen (secondary N) is 2. The van der Waals surface area contributed by atoms with Crippen molar-refractivity contribution in [3.63, 3.8) is 0 Å². The van der Waals surface area contributed by atoms with E-state index in [-0.39, 0.29) is 24.4 Å². The summed E-state index contributed by atoms with van der Waals surface area (Å²) in [6.07, 6.45) is 2.35. The Hall–Kier alpha value is -3.23. The molecule has 0 aromatic heterocycles. The fourth-order valence-electron chi connectivity index (χ4n) is 2.29. The van der Waals surface area contributed by atoms with E-state index < -0.39 is 29.6 Å². The first kappa shape index (κ1) is 23.8. The van der Waals surface area contributed by atoms with Crippen LogP contribution in [0.25, 0.3) is 0 Å². The molecule has 1 unspecified atom stereocenters. The Kier molecular flexibility index (Phi) is 10.1. The van der Waals surface area contributed by atoms with Crippen molar-refractivity contribution in [2.75, 3.05) is 13.2 Å². The molecule has 0 heterocycles. The number of nitrogens with two attached hydrogens (primary N) is 1. The molecular weight excluding hydrogens is 379 g/mol. The van der Waals surface area contributed by atoms with Gasteiger partial charge < -0.3 is 21.1 Å². The average molecular weight is 406 g/mol. The summed E-state index contributed by atoms with van der Waals surface area (Å²) in [7, 11) is 0. The molecule has 0 aliphatic heterocycles. The van der Waals surface area contributed by atoms with E-state index in [2.05, 4.69) is 15.6 Å². The van der Waals surface area contributed by atoms with Gasteiger partial charge in [-0.25, -0.2) is 9.18 Å². The number of amides is 2. The van der Waals surface area contributed by atoms with Crippen LogP contribution in [0.15, 0.2) is 40.5 Å². The van der Waals surface area contributed by atoms with E-state index in [1.807, 2.05) is 6.92 Å². The first-order valence-electron chi connectivity index (χ1n) is 9.28. The predicted molar refractivity (Wildman–Crippen MR) is 108 cm³/mol. The second kappa shape index (κ2) is 12.3. The molecule has 0 saturated carbocycles. The van der Waals surface area contributed by atoms with Crippen LogP contribution in [0.1, 0.15) is 33.6 Å². The molecule has 1 aromatic rings. The van der Waals surface area contributed by atoms with Gasteiger partial charge in [-0.3, -0.25) is 14.6 Å². The van der Waals surface area contributed by atoms with Gasteiger partial charge in [-0.2, -0.15) is 0 Å². The summed E-state index contributed by atoms with van der Waals surface area (Å²) in [6.45, 7) is 4.94. The molecule has 0 bridgehead atoms. The van der Waals surface area contributed by atoms with Gasteiger partial charge in [0.1, 0.15) is 11.9 Å². The van der Waals surface area contributed by atoms with E-state index in [1.54, 1.807) is 6.92 Å². The molecule has 0 aliphatic carbocycles. The summed E-state index contributed by atoms with van der Waals surface area (Å²) in [5.74, 6) is -2.05. The highest BCUT2D eigenvalue weighted by atomic mass is 19.1. The fourth-order valence-corrected chi connectivity index (χ4v) is 2.29. The fraction of sp³-hybridized carbons (Fsp3) is 0.400. The van der Waals surface area contributed by atoms with E-state index in [0.717, 1.165) is 0 Å². The van der Waals surface area contributed by atoms with E-state index in [4.69, 9.17) is 10.5 Å². The number of halogens is 1. The monoisotopic (exact) mass is 406 g/mol. The highest BCUT2D eigenvalue weighted by Gasteiger charge is 2.21. The molecule has 0 fully saturated rings. The highest BCUT2D eigenvalue weighted by Crippen LogP contribution is 2.12. The summed E-state index contributed by atoms with van der Waals surface area (Å²) in [5, 5.41) is 4.98. The SMILES string of the molecule is CCCC(NC(=O)CNC(=O)/C(C=Nc1ccc(F)cc1)=C(\C)N)C(=O)OCC. The van der Waals surface area contributed by atoms with Gasteiger partial charge in [0.25, 0.3) is 5.91 Å². The molecule has 0 spiro atoms. The van der Waals surface area contributed by atoms with Crippen LogP contribution >= 0.6 is 0 Å². The smallest absolute Gasteiger partial charge is 0.328 e. The molecule has 8 nitrogen and oxygen atoms in total. The lowest BCUT2D eigenvalue weighted by atomic mass is 10.1. The third-order valence-corrected chi connectivity index (χ3v) is 3.73. The second-order valence-electron chi connectivity index (χ2n) is 6.17. The molecule has 0 saturated heterocycles. The number of allylic oxidation sites excluding steroid dienone is 1. The van der Waals surface area contributed by atoms with Crippen molar-refractivity contribution in [2.45, 2.75) is 39.7 Å². The summed E-state index contributed by atoms with van der Waals surface area (Å²) in [4.78, 5) is 40.4. The van der Waals surface area contributed by atoms with Crippen molar-refractivity contribution in [3.05, 3.63) is 41.4 Å². The number of esters is 1. The standard InChI is InChI=1S/C20H27FN4O4/c1-4-6-17(20(28)29-5-2)25-18(26)12-24-19(27)16(13(3)22)11-23-15-9-7-14(21)8-10-15/h7-11,17H,4-6,12,22H2,1-3H3,(H,24,27)(H,25,26)/b16-13+,23-11?. The van der Waals surface area contributed by atoms with Crippen LogP contribution in [0.5, 0.6) is 0 Å². The topological polar surface area (TPSA) is 123 Å². The van der Waals surface area contributed by atoms with Crippen LogP contribution in [0, 0.1) is 5.82 Å². The number of hydrogen-bond donors (Lipinski definition) is 3. The largest absolute Gasteiger partial charge is 0.464 e. The minimum atomic E-state index is -0.768. The first-order chi connectivity index (χ1) is 13.8. The van der Waals surface area contributed by atoms with E-state index in [1.165, 1.54) is 37.4 Å². The Morgan fingerprint density at radius 2 is 1.90 bits per heavy atom. The van der Waals surface area contributed by atoms with Gasteiger partial charge >= 0.3 is 5.97 Å². The number of ether oxygens (including phenoxy) is 1. The van der Waals surface area contributed by atoms with Crippen molar-refractivity contribution < 1.29 is 23.5 Å². The average Bonchev–Trinajstić information content (AvgIpc) is 2.67. The number of rotatable bonds is 10. The zero-order chi connectivity index (χ0) is 21.8. The lowest BCUT2D eigenvalue weighted by Gasteiger charge is -2.16. The minimum Gasteiger partial charge on any atom is -0.464 e. The van der Waals surface area contributed by atoms with Crippen molar-refractivity contribution in [3.8, 4) is 0 Å². The van der Waals surface area contributed by atoms with E-state index in [0.29, 0.717) is 18.5 Å². The van der Waals surface area contributed by atoms with Crippen LogP contribution in [0.3, 0.4) is 0 Å².